The highest BCUT2D eigenvalue weighted by atomic mass is 16.7. The summed E-state index contributed by atoms with van der Waals surface area (Å²) in [5, 5.41) is 4.25. The van der Waals surface area contributed by atoms with Crippen LogP contribution in [0.4, 0.5) is 5.88 Å². The van der Waals surface area contributed by atoms with Gasteiger partial charge in [0.05, 0.1) is 11.3 Å². The van der Waals surface area contributed by atoms with Crippen molar-refractivity contribution in [3.8, 4) is 22.6 Å². The highest BCUT2D eigenvalue weighted by Gasteiger charge is 2.47. The van der Waals surface area contributed by atoms with E-state index in [1.54, 1.807) is 0 Å². The van der Waals surface area contributed by atoms with E-state index in [0.717, 1.165) is 40.2 Å². The maximum absolute atomic E-state index is 6.03. The second kappa shape index (κ2) is 3.93. The van der Waals surface area contributed by atoms with Crippen molar-refractivity contribution >= 4 is 5.88 Å². The summed E-state index contributed by atoms with van der Waals surface area (Å²) in [6, 6.07) is 5.88. The average Bonchev–Trinajstić information content (AvgIpc) is 2.90. The van der Waals surface area contributed by atoms with Gasteiger partial charge in [-0.2, -0.15) is 0 Å². The Morgan fingerprint density at radius 1 is 1.05 bits per heavy atom. The predicted octanol–water partition coefficient (Wildman–Crippen LogP) is 3.17. The van der Waals surface area contributed by atoms with Crippen LogP contribution in [0.15, 0.2) is 22.7 Å². The molecule has 2 aromatic rings. The Labute approximate surface area is 122 Å². The lowest BCUT2D eigenvalue weighted by molar-refractivity contribution is 0.174. The minimum atomic E-state index is 0.275. The van der Waals surface area contributed by atoms with Gasteiger partial charge in [0, 0.05) is 5.92 Å². The van der Waals surface area contributed by atoms with Crippen LogP contribution in [-0.2, 0) is 0 Å². The van der Waals surface area contributed by atoms with Gasteiger partial charge in [-0.3, -0.25) is 0 Å². The standard InChI is InChI=1S/C16H16N2O3/c17-16-14(8-1-2-12-13(6-8)20-7-19-12)15(18-21-16)11-4-9-3-10(9)5-11/h1-2,6,9-11H,3-5,7,17H2. The molecule has 5 rings (SSSR count). The third-order valence-electron chi connectivity index (χ3n) is 5.04. The zero-order valence-electron chi connectivity index (χ0n) is 11.5. The smallest absolute Gasteiger partial charge is 0.231 e. The normalized spacial score (nSPS) is 28.7. The first-order chi connectivity index (χ1) is 10.3. The number of ether oxygens (including phenoxy) is 2. The molecular formula is C16H16N2O3. The van der Waals surface area contributed by atoms with Gasteiger partial charge in [0.2, 0.25) is 12.7 Å². The van der Waals surface area contributed by atoms with Gasteiger partial charge in [0.15, 0.2) is 11.5 Å². The maximum Gasteiger partial charge on any atom is 0.231 e. The minimum absolute atomic E-state index is 0.275. The molecule has 2 heterocycles. The van der Waals surface area contributed by atoms with E-state index in [9.17, 15) is 0 Å². The molecule has 0 saturated heterocycles. The summed E-state index contributed by atoms with van der Waals surface area (Å²) in [5.74, 6) is 4.21. The van der Waals surface area contributed by atoms with Gasteiger partial charge in [-0.1, -0.05) is 11.2 Å². The molecule has 2 unspecified atom stereocenters. The molecule has 0 amide bonds. The third kappa shape index (κ3) is 1.66. The molecule has 21 heavy (non-hydrogen) atoms. The van der Waals surface area contributed by atoms with Crippen LogP contribution in [0.1, 0.15) is 30.9 Å². The van der Waals surface area contributed by atoms with Crippen LogP contribution in [-0.4, -0.2) is 11.9 Å². The Bertz CT molecular complexity index is 714. The average molecular weight is 284 g/mol. The van der Waals surface area contributed by atoms with Gasteiger partial charge in [-0.15, -0.1) is 0 Å². The molecule has 1 aromatic heterocycles. The number of hydrogen-bond donors (Lipinski definition) is 1. The van der Waals surface area contributed by atoms with Crippen LogP contribution in [0.3, 0.4) is 0 Å². The molecule has 1 aromatic carbocycles. The topological polar surface area (TPSA) is 70.5 Å². The Morgan fingerprint density at radius 3 is 2.71 bits per heavy atom. The SMILES string of the molecule is Nc1onc(C2CC3CC3C2)c1-c1ccc2c(c1)OCO2. The molecule has 2 N–H and O–H groups in total. The molecule has 0 spiro atoms. The maximum atomic E-state index is 6.03. The lowest BCUT2D eigenvalue weighted by Crippen LogP contribution is -1.99. The van der Waals surface area contributed by atoms with Gasteiger partial charge < -0.3 is 19.7 Å². The quantitative estimate of drug-likeness (QED) is 0.917. The van der Waals surface area contributed by atoms with Gasteiger partial charge >= 0.3 is 0 Å². The van der Waals surface area contributed by atoms with E-state index < -0.39 is 0 Å². The first-order valence-corrected chi connectivity index (χ1v) is 7.44. The Hall–Kier alpha value is -2.17. The van der Waals surface area contributed by atoms with E-state index in [-0.39, 0.29) is 6.79 Å². The van der Waals surface area contributed by atoms with Crippen LogP contribution in [0.2, 0.25) is 0 Å². The molecular weight excluding hydrogens is 268 g/mol. The first kappa shape index (κ1) is 11.5. The molecule has 2 fully saturated rings. The van der Waals surface area contributed by atoms with Crippen LogP contribution in [0.5, 0.6) is 11.5 Å². The third-order valence-corrected chi connectivity index (χ3v) is 5.04. The minimum Gasteiger partial charge on any atom is -0.454 e. The van der Waals surface area contributed by atoms with E-state index in [4.69, 9.17) is 19.7 Å². The van der Waals surface area contributed by atoms with Crippen LogP contribution >= 0.6 is 0 Å². The summed E-state index contributed by atoms with van der Waals surface area (Å²) in [4.78, 5) is 0. The van der Waals surface area contributed by atoms with E-state index in [1.807, 2.05) is 18.2 Å². The van der Waals surface area contributed by atoms with Crippen LogP contribution in [0, 0.1) is 11.8 Å². The number of benzene rings is 1. The molecule has 0 radical (unpaired) electrons. The lowest BCUT2D eigenvalue weighted by Gasteiger charge is -2.11. The number of anilines is 1. The van der Waals surface area contributed by atoms with Crippen molar-refractivity contribution in [3.05, 3.63) is 23.9 Å². The van der Waals surface area contributed by atoms with Crippen molar-refractivity contribution in [1.82, 2.24) is 5.16 Å². The number of nitrogens with zero attached hydrogens (tertiary/aromatic N) is 1. The highest BCUT2D eigenvalue weighted by Crippen LogP contribution is 2.58. The van der Waals surface area contributed by atoms with E-state index in [1.165, 1.54) is 19.3 Å². The Balaban J connectivity index is 1.57. The summed E-state index contributed by atoms with van der Waals surface area (Å²) < 4.78 is 16.1. The van der Waals surface area contributed by atoms with Gasteiger partial charge in [-0.25, -0.2) is 0 Å². The number of nitrogens with two attached hydrogens (primary N) is 1. The number of hydrogen-bond acceptors (Lipinski definition) is 5. The largest absolute Gasteiger partial charge is 0.454 e. The van der Waals surface area contributed by atoms with Gasteiger partial charge in [0.1, 0.15) is 0 Å². The van der Waals surface area contributed by atoms with Crippen molar-refractivity contribution in [2.24, 2.45) is 11.8 Å². The molecule has 3 aliphatic rings. The number of nitrogen functional groups attached to an aromatic ring is 1. The van der Waals surface area contributed by atoms with Crippen molar-refractivity contribution in [1.29, 1.82) is 0 Å². The van der Waals surface area contributed by atoms with E-state index in [2.05, 4.69) is 5.16 Å². The lowest BCUT2D eigenvalue weighted by atomic mass is 9.93. The second-order valence-corrected chi connectivity index (χ2v) is 6.30. The predicted molar refractivity (Wildman–Crippen MR) is 76.0 cm³/mol. The van der Waals surface area contributed by atoms with E-state index in [0.29, 0.717) is 11.8 Å². The Kier molecular flexibility index (Phi) is 2.15. The summed E-state index contributed by atoms with van der Waals surface area (Å²) in [5.41, 5.74) is 8.97. The highest BCUT2D eigenvalue weighted by molar-refractivity contribution is 5.77. The monoisotopic (exact) mass is 284 g/mol. The fourth-order valence-electron chi connectivity index (χ4n) is 3.87. The Morgan fingerprint density at radius 2 is 1.86 bits per heavy atom. The van der Waals surface area contributed by atoms with Crippen molar-refractivity contribution in [3.63, 3.8) is 0 Å². The summed E-state index contributed by atoms with van der Waals surface area (Å²) >= 11 is 0. The number of rotatable bonds is 2. The number of aromatic nitrogens is 1. The molecule has 1 aliphatic heterocycles. The van der Waals surface area contributed by atoms with Gasteiger partial charge in [0.25, 0.3) is 0 Å². The molecule has 108 valence electrons. The molecule has 2 aliphatic carbocycles. The summed E-state index contributed by atoms with van der Waals surface area (Å²) in [7, 11) is 0. The fraction of sp³-hybridized carbons (Fsp3) is 0.438. The molecule has 2 atom stereocenters. The zero-order valence-corrected chi connectivity index (χ0v) is 11.5. The summed E-state index contributed by atoms with van der Waals surface area (Å²) in [6.07, 6.45) is 3.82. The van der Waals surface area contributed by atoms with Crippen molar-refractivity contribution < 1.29 is 14.0 Å². The van der Waals surface area contributed by atoms with Crippen LogP contribution < -0.4 is 15.2 Å². The molecule has 5 heteroatoms. The number of fused-ring (bicyclic) bond motifs is 2. The van der Waals surface area contributed by atoms with Gasteiger partial charge in [-0.05, 0) is 48.8 Å². The second-order valence-electron chi connectivity index (χ2n) is 6.30. The molecule has 5 nitrogen and oxygen atoms in total. The zero-order chi connectivity index (χ0) is 14.0. The van der Waals surface area contributed by atoms with Crippen LogP contribution in [0.25, 0.3) is 11.1 Å². The van der Waals surface area contributed by atoms with E-state index >= 15 is 0 Å². The molecule has 2 saturated carbocycles. The fourth-order valence-corrected chi connectivity index (χ4v) is 3.87. The van der Waals surface area contributed by atoms with Crippen molar-refractivity contribution in [2.45, 2.75) is 25.2 Å². The van der Waals surface area contributed by atoms with Crippen molar-refractivity contribution in [2.75, 3.05) is 12.5 Å². The first-order valence-electron chi connectivity index (χ1n) is 7.44. The molecule has 0 bridgehead atoms. The summed E-state index contributed by atoms with van der Waals surface area (Å²) in [6.45, 7) is 0.275.